The highest BCUT2D eigenvalue weighted by atomic mass is 16.6. The number of quaternary nitrogens is 1. The lowest BCUT2D eigenvalue weighted by Gasteiger charge is -2.43. The maximum atomic E-state index is 13.3. The van der Waals surface area contributed by atoms with Crippen molar-refractivity contribution in [3.05, 3.63) is 47.2 Å². The number of nitrogens with zero attached hydrogens (tertiary/aromatic N) is 1. The van der Waals surface area contributed by atoms with E-state index in [2.05, 4.69) is 24.1 Å². The van der Waals surface area contributed by atoms with Gasteiger partial charge in [-0.1, -0.05) is 31.2 Å². The number of H-pyrrole nitrogens is 1. The van der Waals surface area contributed by atoms with E-state index < -0.39 is 11.6 Å². The number of aromatic amines is 1. The number of aromatic nitrogens is 1. The first-order valence-electron chi connectivity index (χ1n) is 11.3. The predicted octanol–water partition coefficient (Wildman–Crippen LogP) is 3.08. The van der Waals surface area contributed by atoms with Crippen LogP contribution in [0.5, 0.6) is 0 Å². The second kappa shape index (κ2) is 8.71. The molecule has 7 nitrogen and oxygen atoms in total. The summed E-state index contributed by atoms with van der Waals surface area (Å²) < 4.78 is 17.0. The van der Waals surface area contributed by atoms with Gasteiger partial charge in [0, 0.05) is 36.8 Å². The van der Waals surface area contributed by atoms with Crippen molar-refractivity contribution >= 4 is 22.8 Å². The van der Waals surface area contributed by atoms with Crippen LogP contribution in [0.1, 0.15) is 31.0 Å². The molecule has 2 aliphatic rings. The molecule has 2 aromatic rings. The molecule has 0 spiro atoms. The molecule has 2 aliphatic heterocycles. The van der Waals surface area contributed by atoms with Crippen LogP contribution < -0.4 is 0 Å². The Morgan fingerprint density at radius 3 is 2.66 bits per heavy atom. The zero-order valence-electron chi connectivity index (χ0n) is 19.4. The molecule has 0 aliphatic carbocycles. The van der Waals surface area contributed by atoms with E-state index >= 15 is 0 Å². The van der Waals surface area contributed by atoms with Crippen LogP contribution in [0.2, 0.25) is 0 Å². The van der Waals surface area contributed by atoms with E-state index in [-0.39, 0.29) is 11.9 Å². The minimum Gasteiger partial charge on any atom is -0.467 e. The van der Waals surface area contributed by atoms with Gasteiger partial charge in [-0.05, 0) is 23.6 Å². The Bertz CT molecular complexity index is 1060. The quantitative estimate of drug-likeness (QED) is 0.438. The van der Waals surface area contributed by atoms with Crippen LogP contribution in [-0.2, 0) is 35.8 Å². The highest BCUT2D eigenvalue weighted by molar-refractivity contribution is 5.89. The van der Waals surface area contributed by atoms with Crippen LogP contribution in [-0.4, -0.2) is 68.9 Å². The average Bonchev–Trinajstić information content (AvgIpc) is 3.20. The number of para-hydroxylation sites is 1. The molecule has 2 bridgehead atoms. The van der Waals surface area contributed by atoms with E-state index in [1.54, 1.807) is 7.11 Å². The number of ether oxygens (including phenoxy) is 3. The van der Waals surface area contributed by atoms with Gasteiger partial charge >= 0.3 is 11.9 Å². The van der Waals surface area contributed by atoms with Gasteiger partial charge in [-0.15, -0.1) is 0 Å². The first kappa shape index (κ1) is 22.6. The third-order valence-electron chi connectivity index (χ3n) is 7.24. The fraction of sp³-hybridized carbons (Fsp3) is 0.520. The topological polar surface area (TPSA) is 77.6 Å². The summed E-state index contributed by atoms with van der Waals surface area (Å²) in [5.41, 5.74) is 2.85. The zero-order chi connectivity index (χ0) is 22.9. The molecule has 1 unspecified atom stereocenters. The maximum Gasteiger partial charge on any atom is 0.361 e. The lowest BCUT2D eigenvalue weighted by atomic mass is 9.83. The van der Waals surface area contributed by atoms with Crippen LogP contribution in [0.25, 0.3) is 10.9 Å². The number of hydrogen-bond acceptors (Lipinski definition) is 5. The van der Waals surface area contributed by atoms with Crippen molar-refractivity contribution in [2.75, 3.05) is 47.5 Å². The molecule has 4 rings (SSSR count). The van der Waals surface area contributed by atoms with Gasteiger partial charge in [-0.2, -0.15) is 0 Å². The summed E-state index contributed by atoms with van der Waals surface area (Å²) in [5.74, 6) is -0.553. The Hall–Kier alpha value is -2.64. The second-order valence-electron chi connectivity index (χ2n) is 9.08. The number of esters is 2. The van der Waals surface area contributed by atoms with Crippen molar-refractivity contribution in [3.8, 4) is 0 Å². The molecule has 3 atom stereocenters. The smallest absolute Gasteiger partial charge is 0.361 e. The summed E-state index contributed by atoms with van der Waals surface area (Å²) in [6.07, 6.45) is 4.34. The summed E-state index contributed by atoms with van der Waals surface area (Å²) in [6, 6.07) is 8.07. The molecule has 0 saturated carbocycles. The zero-order valence-corrected chi connectivity index (χ0v) is 19.4. The maximum absolute atomic E-state index is 13.3. The molecule has 0 radical (unpaired) electrons. The molecule has 7 heteroatoms. The lowest BCUT2D eigenvalue weighted by Crippen LogP contribution is -2.57. The van der Waals surface area contributed by atoms with E-state index in [0.717, 1.165) is 48.2 Å². The number of fused-ring (bicyclic) bond motifs is 5. The third-order valence-corrected chi connectivity index (χ3v) is 7.24. The van der Waals surface area contributed by atoms with Crippen molar-refractivity contribution in [1.29, 1.82) is 0 Å². The Morgan fingerprint density at radius 1 is 1.19 bits per heavy atom. The number of hydrogen-bond donors (Lipinski definition) is 1. The van der Waals surface area contributed by atoms with E-state index in [9.17, 15) is 9.59 Å². The van der Waals surface area contributed by atoms with Crippen molar-refractivity contribution in [2.45, 2.75) is 31.8 Å². The summed E-state index contributed by atoms with van der Waals surface area (Å²) in [5, 5.41) is 1.07. The largest absolute Gasteiger partial charge is 0.467 e. The van der Waals surface area contributed by atoms with E-state index in [1.165, 1.54) is 19.8 Å². The van der Waals surface area contributed by atoms with Gasteiger partial charge in [0.15, 0.2) is 6.54 Å². The van der Waals surface area contributed by atoms with Crippen molar-refractivity contribution < 1.29 is 28.3 Å². The van der Waals surface area contributed by atoms with Crippen LogP contribution >= 0.6 is 0 Å². The number of benzene rings is 1. The first-order valence-corrected chi connectivity index (χ1v) is 11.3. The van der Waals surface area contributed by atoms with Gasteiger partial charge in [0.25, 0.3) is 0 Å². The number of rotatable bonds is 5. The number of carbonyl (C=O) groups is 2. The Morgan fingerprint density at radius 2 is 1.97 bits per heavy atom. The van der Waals surface area contributed by atoms with E-state index in [1.807, 2.05) is 18.2 Å². The summed E-state index contributed by atoms with van der Waals surface area (Å²) in [4.78, 5) is 29.2. The van der Waals surface area contributed by atoms with Gasteiger partial charge in [0.2, 0.25) is 5.60 Å². The highest BCUT2D eigenvalue weighted by Crippen LogP contribution is 2.42. The fourth-order valence-electron chi connectivity index (χ4n) is 5.74. The molecule has 1 aromatic heterocycles. The number of nitrogens with one attached hydrogen (secondary N) is 1. The number of carbonyl (C=O) groups excluding carboxylic acids is 2. The van der Waals surface area contributed by atoms with Gasteiger partial charge in [0.1, 0.15) is 6.54 Å². The summed E-state index contributed by atoms with van der Waals surface area (Å²) in [6.45, 7) is 4.81. The molecule has 1 aromatic carbocycles. The monoisotopic (exact) mass is 441 g/mol. The molecule has 3 heterocycles. The van der Waals surface area contributed by atoms with E-state index in [0.29, 0.717) is 23.9 Å². The van der Waals surface area contributed by atoms with Gasteiger partial charge < -0.3 is 23.7 Å². The number of methoxy groups -OCH3 is 3. The normalized spacial score (nSPS) is 27.5. The minimum absolute atomic E-state index is 0.0553. The molecule has 32 heavy (non-hydrogen) atoms. The van der Waals surface area contributed by atoms with Crippen LogP contribution in [0.4, 0.5) is 0 Å². The van der Waals surface area contributed by atoms with Gasteiger partial charge in [0.05, 0.1) is 33.0 Å². The molecule has 172 valence electrons. The molecule has 1 N–H and O–H groups in total. The van der Waals surface area contributed by atoms with Crippen molar-refractivity contribution in [1.82, 2.24) is 4.98 Å². The minimum atomic E-state index is -1.24. The molecular formula is C25H33N2O5+. The van der Waals surface area contributed by atoms with Crippen LogP contribution in [0.15, 0.2) is 35.9 Å². The van der Waals surface area contributed by atoms with Crippen LogP contribution in [0.3, 0.4) is 0 Å². The molecule has 0 amide bonds. The third kappa shape index (κ3) is 3.73. The fourth-order valence-corrected chi connectivity index (χ4v) is 5.74. The van der Waals surface area contributed by atoms with E-state index in [4.69, 9.17) is 14.2 Å². The predicted molar refractivity (Wildman–Crippen MR) is 121 cm³/mol. The molecule has 0 fully saturated rings. The standard InChI is InChI=1S/C25H33N2O5/c1-5-17-12-18-13-25(32-4,24(29)31-3)23-20(19-8-6-7-9-21(19)26-23)10-11-27(14-17,15-18)16-22(28)30-2/h6-9,12,18,26H,5,10-11,13-16H2,1-4H3/q+1/t18-,25-,27?/m0/s1. The van der Waals surface area contributed by atoms with Gasteiger partial charge in [-0.3, -0.25) is 0 Å². The van der Waals surface area contributed by atoms with Crippen molar-refractivity contribution in [2.24, 2.45) is 5.92 Å². The first-order chi connectivity index (χ1) is 15.4. The summed E-state index contributed by atoms with van der Waals surface area (Å²) >= 11 is 0. The Kier molecular flexibility index (Phi) is 6.14. The van der Waals surface area contributed by atoms with Crippen molar-refractivity contribution in [3.63, 3.8) is 0 Å². The second-order valence-corrected chi connectivity index (χ2v) is 9.08. The molecular weight excluding hydrogens is 408 g/mol. The Labute approximate surface area is 188 Å². The average molecular weight is 442 g/mol. The Balaban J connectivity index is 1.92. The molecule has 0 saturated heterocycles. The summed E-state index contributed by atoms with van der Waals surface area (Å²) in [7, 11) is 4.43. The lowest BCUT2D eigenvalue weighted by molar-refractivity contribution is -0.921. The highest BCUT2D eigenvalue weighted by Gasteiger charge is 2.50. The van der Waals surface area contributed by atoms with Crippen LogP contribution in [0, 0.1) is 5.92 Å². The SMILES string of the molecule is CCC1=C[C@H]2C[C@@](OC)(C(=O)OC)c3[nH]c4ccccc4c3CC[N+](CC(=O)OC)(C1)C2. The van der Waals surface area contributed by atoms with Gasteiger partial charge in [-0.25, -0.2) is 9.59 Å².